The van der Waals surface area contributed by atoms with E-state index in [-0.39, 0.29) is 0 Å². The first-order valence-electron chi connectivity index (χ1n) is 5.73. The number of hydrogen-bond donors (Lipinski definition) is 1. The molecule has 0 bridgehead atoms. The van der Waals surface area contributed by atoms with Crippen LogP contribution in [0.2, 0.25) is 0 Å². The van der Waals surface area contributed by atoms with E-state index in [1.165, 1.54) is 29.9 Å². The maximum atomic E-state index is 5.46. The first kappa shape index (κ1) is 11.8. The summed E-state index contributed by atoms with van der Waals surface area (Å²) in [4.78, 5) is 3.31. The Morgan fingerprint density at radius 2 is 2.12 bits per heavy atom. The van der Waals surface area contributed by atoms with E-state index in [9.17, 15) is 0 Å². The molecule has 0 radical (unpaired) electrons. The molecule has 1 N–H and O–H groups in total. The summed E-state index contributed by atoms with van der Waals surface area (Å²) in [6.45, 7) is 0. The second-order valence-electron chi connectivity index (χ2n) is 4.31. The molecular formula is C12H13BrN2S2. The number of imidazole rings is 1. The van der Waals surface area contributed by atoms with Gasteiger partial charge in [-0.3, -0.25) is 0 Å². The Morgan fingerprint density at radius 3 is 2.88 bits per heavy atom. The minimum Gasteiger partial charge on any atom is -0.331 e. The zero-order valence-corrected chi connectivity index (χ0v) is 12.5. The Balaban J connectivity index is 2.14. The zero-order valence-electron chi connectivity index (χ0n) is 9.28. The van der Waals surface area contributed by atoms with Crippen molar-refractivity contribution >= 4 is 50.9 Å². The summed E-state index contributed by atoms with van der Waals surface area (Å²) in [5.41, 5.74) is 2.36. The molecule has 1 aliphatic rings. The van der Waals surface area contributed by atoms with Crippen molar-refractivity contribution in [3.05, 3.63) is 27.4 Å². The van der Waals surface area contributed by atoms with E-state index in [2.05, 4.69) is 43.7 Å². The first-order chi connectivity index (χ1) is 8.25. The van der Waals surface area contributed by atoms with Crippen LogP contribution in [0.1, 0.15) is 18.9 Å². The molecule has 0 atom stereocenters. The maximum Gasteiger partial charge on any atom is 0.178 e. The molecule has 1 aromatic carbocycles. The second-order valence-corrected chi connectivity index (χ2v) is 6.83. The van der Waals surface area contributed by atoms with E-state index in [4.69, 9.17) is 12.2 Å². The van der Waals surface area contributed by atoms with Gasteiger partial charge in [-0.05, 0) is 54.8 Å². The first-order valence-corrected chi connectivity index (χ1v) is 8.09. The van der Waals surface area contributed by atoms with Crippen molar-refractivity contribution in [3.63, 3.8) is 0 Å². The van der Waals surface area contributed by atoms with E-state index in [1.807, 2.05) is 11.8 Å². The molecule has 1 fully saturated rings. The number of fused-ring (bicyclic) bond motifs is 1. The summed E-state index contributed by atoms with van der Waals surface area (Å²) in [6, 6.07) is 6.89. The molecule has 5 heteroatoms. The summed E-state index contributed by atoms with van der Waals surface area (Å²) in [5, 5.41) is 0. The van der Waals surface area contributed by atoms with Gasteiger partial charge in [0.05, 0.1) is 11.0 Å². The lowest BCUT2D eigenvalue weighted by Gasteiger charge is -2.23. The standard InChI is InChI=1S/C12H13BrN2S2/c13-8-1-2-11-10(7-8)14-12(16)15(11)9-3-5-17-6-4-9/h1-2,7,9H,3-6H2,(H,14,16). The van der Waals surface area contributed by atoms with Crippen LogP contribution in [0.3, 0.4) is 0 Å². The number of aromatic nitrogens is 2. The highest BCUT2D eigenvalue weighted by molar-refractivity contribution is 9.10. The van der Waals surface area contributed by atoms with Crippen molar-refractivity contribution in [1.82, 2.24) is 9.55 Å². The van der Waals surface area contributed by atoms with Crippen LogP contribution in [0, 0.1) is 4.77 Å². The van der Waals surface area contributed by atoms with E-state index in [0.29, 0.717) is 6.04 Å². The quantitative estimate of drug-likeness (QED) is 0.776. The van der Waals surface area contributed by atoms with Crippen LogP contribution in [0.4, 0.5) is 0 Å². The predicted molar refractivity (Wildman–Crippen MR) is 80.4 cm³/mol. The molecule has 0 amide bonds. The highest BCUT2D eigenvalue weighted by atomic mass is 79.9. The van der Waals surface area contributed by atoms with Gasteiger partial charge in [-0.15, -0.1) is 0 Å². The molecule has 0 spiro atoms. The van der Waals surface area contributed by atoms with Gasteiger partial charge in [0, 0.05) is 10.5 Å². The lowest BCUT2D eigenvalue weighted by atomic mass is 10.1. The normalized spacial score (nSPS) is 17.7. The van der Waals surface area contributed by atoms with Crippen LogP contribution in [-0.2, 0) is 0 Å². The third-order valence-electron chi connectivity index (χ3n) is 3.23. The summed E-state index contributed by atoms with van der Waals surface area (Å²) >= 11 is 11.0. The van der Waals surface area contributed by atoms with Crippen LogP contribution < -0.4 is 0 Å². The predicted octanol–water partition coefficient (Wildman–Crippen LogP) is 4.53. The van der Waals surface area contributed by atoms with Crippen molar-refractivity contribution in [2.75, 3.05) is 11.5 Å². The number of nitrogens with zero attached hydrogens (tertiary/aromatic N) is 1. The monoisotopic (exact) mass is 328 g/mol. The molecule has 17 heavy (non-hydrogen) atoms. The Labute approximate surface area is 118 Å². The highest BCUT2D eigenvalue weighted by Crippen LogP contribution is 2.31. The Hall–Kier alpha value is -0.260. The molecule has 2 nitrogen and oxygen atoms in total. The number of aromatic amines is 1. The average Bonchev–Trinajstić information content (AvgIpc) is 2.65. The van der Waals surface area contributed by atoms with Gasteiger partial charge < -0.3 is 9.55 Å². The number of nitrogens with one attached hydrogen (secondary N) is 1. The van der Waals surface area contributed by atoms with Gasteiger partial charge in [-0.1, -0.05) is 15.9 Å². The largest absolute Gasteiger partial charge is 0.331 e. The number of halogens is 1. The zero-order chi connectivity index (χ0) is 11.8. The molecular weight excluding hydrogens is 316 g/mol. The molecule has 90 valence electrons. The van der Waals surface area contributed by atoms with Crippen LogP contribution in [-0.4, -0.2) is 21.1 Å². The maximum absolute atomic E-state index is 5.46. The topological polar surface area (TPSA) is 20.7 Å². The lowest BCUT2D eigenvalue weighted by molar-refractivity contribution is 0.476. The number of thioether (sulfide) groups is 1. The molecule has 1 aromatic heterocycles. The number of benzene rings is 1. The molecule has 0 unspecified atom stereocenters. The van der Waals surface area contributed by atoms with Gasteiger partial charge in [0.2, 0.25) is 0 Å². The molecule has 0 aliphatic carbocycles. The molecule has 0 saturated carbocycles. The molecule has 2 heterocycles. The van der Waals surface area contributed by atoms with Crippen LogP contribution in [0.25, 0.3) is 11.0 Å². The fourth-order valence-electron chi connectivity index (χ4n) is 2.41. The molecule has 2 aromatic rings. The van der Waals surface area contributed by atoms with Crippen molar-refractivity contribution in [3.8, 4) is 0 Å². The van der Waals surface area contributed by atoms with Crippen LogP contribution in [0.5, 0.6) is 0 Å². The van der Waals surface area contributed by atoms with E-state index in [0.717, 1.165) is 14.8 Å². The number of H-pyrrole nitrogens is 1. The van der Waals surface area contributed by atoms with Crippen molar-refractivity contribution in [2.45, 2.75) is 18.9 Å². The minimum atomic E-state index is 0.568. The van der Waals surface area contributed by atoms with Gasteiger partial charge >= 0.3 is 0 Å². The second kappa shape index (κ2) is 4.78. The van der Waals surface area contributed by atoms with E-state index >= 15 is 0 Å². The van der Waals surface area contributed by atoms with Gasteiger partial charge in [-0.25, -0.2) is 0 Å². The van der Waals surface area contributed by atoms with Gasteiger partial charge in [0.25, 0.3) is 0 Å². The Bertz CT molecular complexity index is 596. The SMILES string of the molecule is S=c1[nH]c2cc(Br)ccc2n1C1CCSCC1. The highest BCUT2D eigenvalue weighted by Gasteiger charge is 2.18. The fourth-order valence-corrected chi connectivity index (χ4v) is 4.21. The van der Waals surface area contributed by atoms with Gasteiger partial charge in [0.1, 0.15) is 0 Å². The average molecular weight is 329 g/mol. The molecule has 3 rings (SSSR count). The molecule has 1 saturated heterocycles. The van der Waals surface area contributed by atoms with Crippen molar-refractivity contribution in [2.24, 2.45) is 0 Å². The third kappa shape index (κ3) is 2.20. The van der Waals surface area contributed by atoms with E-state index < -0.39 is 0 Å². The summed E-state index contributed by atoms with van der Waals surface area (Å²) in [6.07, 6.45) is 2.45. The summed E-state index contributed by atoms with van der Waals surface area (Å²) in [5.74, 6) is 2.49. The van der Waals surface area contributed by atoms with Crippen LogP contribution in [0.15, 0.2) is 22.7 Å². The van der Waals surface area contributed by atoms with Gasteiger partial charge in [-0.2, -0.15) is 11.8 Å². The Kier molecular flexibility index (Phi) is 3.32. The molecule has 1 aliphatic heterocycles. The smallest absolute Gasteiger partial charge is 0.178 e. The lowest BCUT2D eigenvalue weighted by Crippen LogP contribution is -2.15. The number of hydrogen-bond acceptors (Lipinski definition) is 2. The fraction of sp³-hybridized carbons (Fsp3) is 0.417. The number of rotatable bonds is 1. The third-order valence-corrected chi connectivity index (χ3v) is 5.08. The van der Waals surface area contributed by atoms with Crippen LogP contribution >= 0.6 is 39.9 Å². The van der Waals surface area contributed by atoms with Crippen molar-refractivity contribution < 1.29 is 0 Å². The van der Waals surface area contributed by atoms with Gasteiger partial charge in [0.15, 0.2) is 4.77 Å². The Morgan fingerprint density at radius 1 is 1.35 bits per heavy atom. The summed E-state index contributed by atoms with van der Waals surface area (Å²) in [7, 11) is 0. The summed E-state index contributed by atoms with van der Waals surface area (Å²) < 4.78 is 4.25. The van der Waals surface area contributed by atoms with Crippen molar-refractivity contribution in [1.29, 1.82) is 0 Å². The van der Waals surface area contributed by atoms with E-state index in [1.54, 1.807) is 0 Å². The minimum absolute atomic E-state index is 0.568.